The normalized spacial score (nSPS) is 11.6. The molecule has 0 aromatic heterocycles. The van der Waals surface area contributed by atoms with Gasteiger partial charge in [-0.15, -0.1) is 0 Å². The van der Waals surface area contributed by atoms with Gasteiger partial charge in [0.05, 0.1) is 0 Å². The van der Waals surface area contributed by atoms with Gasteiger partial charge in [-0.25, -0.2) is 0 Å². The maximum atomic E-state index is 13.4. The van der Waals surface area contributed by atoms with Crippen molar-refractivity contribution >= 4 is 5.91 Å². The SMILES string of the molecule is CC[C@@H](Oc1cccc(C)c1)C(=O)N(Cc1ccccc1)Cc1ccccc1. The molecule has 144 valence electrons. The topological polar surface area (TPSA) is 29.5 Å². The van der Waals surface area contributed by atoms with Crippen LogP contribution in [0, 0.1) is 6.92 Å². The average Bonchev–Trinajstić information content (AvgIpc) is 2.72. The van der Waals surface area contributed by atoms with E-state index >= 15 is 0 Å². The van der Waals surface area contributed by atoms with Crippen molar-refractivity contribution in [3.63, 3.8) is 0 Å². The van der Waals surface area contributed by atoms with Crippen LogP contribution in [-0.4, -0.2) is 16.9 Å². The number of aryl methyl sites for hydroxylation is 1. The zero-order chi connectivity index (χ0) is 19.8. The van der Waals surface area contributed by atoms with Crippen LogP contribution in [0.4, 0.5) is 0 Å². The number of ether oxygens (including phenoxy) is 1. The van der Waals surface area contributed by atoms with Gasteiger partial charge in [0.2, 0.25) is 0 Å². The second-order valence-corrected chi connectivity index (χ2v) is 7.00. The number of hydrogen-bond acceptors (Lipinski definition) is 2. The number of amides is 1. The first-order valence-corrected chi connectivity index (χ1v) is 9.75. The monoisotopic (exact) mass is 373 g/mol. The van der Waals surface area contributed by atoms with Crippen LogP contribution in [0.5, 0.6) is 5.75 Å². The maximum Gasteiger partial charge on any atom is 0.264 e. The largest absolute Gasteiger partial charge is 0.481 e. The number of benzene rings is 3. The van der Waals surface area contributed by atoms with Gasteiger partial charge in [-0.2, -0.15) is 0 Å². The quantitative estimate of drug-likeness (QED) is 0.530. The third-order valence-corrected chi connectivity index (χ3v) is 4.66. The van der Waals surface area contributed by atoms with Crippen LogP contribution in [0.3, 0.4) is 0 Å². The number of carbonyl (C=O) groups is 1. The summed E-state index contributed by atoms with van der Waals surface area (Å²) >= 11 is 0. The highest BCUT2D eigenvalue weighted by Gasteiger charge is 2.25. The first-order chi connectivity index (χ1) is 13.7. The molecule has 0 aliphatic carbocycles. The highest BCUT2D eigenvalue weighted by Crippen LogP contribution is 2.19. The van der Waals surface area contributed by atoms with Crippen molar-refractivity contribution < 1.29 is 9.53 Å². The van der Waals surface area contributed by atoms with Gasteiger partial charge >= 0.3 is 0 Å². The standard InChI is InChI=1S/C25H27NO2/c1-3-24(28-23-16-10-11-20(2)17-23)25(27)26(18-21-12-6-4-7-13-21)19-22-14-8-5-9-15-22/h4-17,24H,3,18-19H2,1-2H3/t24-/m1/s1. The fraction of sp³-hybridized carbons (Fsp3) is 0.240. The predicted molar refractivity (Wildman–Crippen MR) is 113 cm³/mol. The van der Waals surface area contributed by atoms with Crippen LogP contribution in [0.1, 0.15) is 30.0 Å². The van der Waals surface area contributed by atoms with E-state index in [2.05, 4.69) is 0 Å². The first-order valence-electron chi connectivity index (χ1n) is 9.75. The van der Waals surface area contributed by atoms with Crippen LogP contribution in [0.25, 0.3) is 0 Å². The fourth-order valence-electron chi connectivity index (χ4n) is 3.18. The van der Waals surface area contributed by atoms with E-state index in [0.717, 1.165) is 22.4 Å². The lowest BCUT2D eigenvalue weighted by molar-refractivity contribution is -0.140. The Morgan fingerprint density at radius 1 is 0.857 bits per heavy atom. The van der Waals surface area contributed by atoms with Crippen molar-refractivity contribution in [1.29, 1.82) is 0 Å². The summed E-state index contributed by atoms with van der Waals surface area (Å²) in [5.74, 6) is 0.747. The Hall–Kier alpha value is -3.07. The average molecular weight is 373 g/mol. The smallest absolute Gasteiger partial charge is 0.264 e. The van der Waals surface area contributed by atoms with Crippen molar-refractivity contribution in [2.24, 2.45) is 0 Å². The molecule has 1 amide bonds. The summed E-state index contributed by atoms with van der Waals surface area (Å²) in [7, 11) is 0. The van der Waals surface area contributed by atoms with Gasteiger partial charge in [0.1, 0.15) is 5.75 Å². The zero-order valence-corrected chi connectivity index (χ0v) is 16.5. The van der Waals surface area contributed by atoms with Gasteiger partial charge in [0.25, 0.3) is 5.91 Å². The van der Waals surface area contributed by atoms with Gasteiger partial charge in [0, 0.05) is 13.1 Å². The highest BCUT2D eigenvalue weighted by molar-refractivity contribution is 5.81. The third-order valence-electron chi connectivity index (χ3n) is 4.66. The number of rotatable bonds is 8. The second kappa shape index (κ2) is 9.75. The predicted octanol–water partition coefficient (Wildman–Crippen LogP) is 5.38. The lowest BCUT2D eigenvalue weighted by Crippen LogP contribution is -2.41. The van der Waals surface area contributed by atoms with E-state index in [0.29, 0.717) is 19.5 Å². The van der Waals surface area contributed by atoms with Crippen molar-refractivity contribution in [1.82, 2.24) is 4.90 Å². The molecule has 3 nitrogen and oxygen atoms in total. The number of hydrogen-bond donors (Lipinski definition) is 0. The lowest BCUT2D eigenvalue weighted by atomic mass is 10.1. The van der Waals surface area contributed by atoms with E-state index in [1.807, 2.05) is 104 Å². The van der Waals surface area contributed by atoms with Crippen LogP contribution in [0.15, 0.2) is 84.9 Å². The zero-order valence-electron chi connectivity index (χ0n) is 16.5. The Bertz CT molecular complexity index is 836. The third kappa shape index (κ3) is 5.46. The lowest BCUT2D eigenvalue weighted by Gasteiger charge is -2.28. The summed E-state index contributed by atoms with van der Waals surface area (Å²) in [4.78, 5) is 15.3. The summed E-state index contributed by atoms with van der Waals surface area (Å²) in [6, 6.07) is 28.0. The molecule has 0 aliphatic heterocycles. The molecular formula is C25H27NO2. The van der Waals surface area contributed by atoms with Gasteiger partial charge in [-0.3, -0.25) is 4.79 Å². The molecule has 0 saturated heterocycles. The molecule has 3 heteroatoms. The van der Waals surface area contributed by atoms with Crippen LogP contribution >= 0.6 is 0 Å². The number of nitrogens with zero attached hydrogens (tertiary/aromatic N) is 1. The minimum Gasteiger partial charge on any atom is -0.481 e. The Balaban J connectivity index is 1.80. The summed E-state index contributed by atoms with van der Waals surface area (Å²) < 4.78 is 6.07. The second-order valence-electron chi connectivity index (χ2n) is 7.00. The molecule has 0 heterocycles. The van der Waals surface area contributed by atoms with E-state index < -0.39 is 6.10 Å². The summed E-state index contributed by atoms with van der Waals surface area (Å²) in [6.45, 7) is 5.12. The van der Waals surface area contributed by atoms with Crippen LogP contribution in [0.2, 0.25) is 0 Å². The van der Waals surface area contributed by atoms with Crippen molar-refractivity contribution in [3.05, 3.63) is 102 Å². The van der Waals surface area contributed by atoms with Crippen LogP contribution < -0.4 is 4.74 Å². The molecule has 0 saturated carbocycles. The maximum absolute atomic E-state index is 13.4. The van der Waals surface area contributed by atoms with Crippen molar-refractivity contribution in [3.8, 4) is 5.75 Å². The Labute approximate surface area is 167 Å². The Kier molecular flexibility index (Phi) is 6.85. The molecule has 3 aromatic rings. The van der Waals surface area contributed by atoms with Gasteiger partial charge < -0.3 is 9.64 Å². The molecule has 28 heavy (non-hydrogen) atoms. The van der Waals surface area contributed by atoms with E-state index in [-0.39, 0.29) is 5.91 Å². The van der Waals surface area contributed by atoms with Crippen molar-refractivity contribution in [2.75, 3.05) is 0 Å². The van der Waals surface area contributed by atoms with Gasteiger partial charge in [-0.1, -0.05) is 79.7 Å². The van der Waals surface area contributed by atoms with E-state index in [1.165, 1.54) is 0 Å². The fourth-order valence-corrected chi connectivity index (χ4v) is 3.18. The van der Waals surface area contributed by atoms with Gasteiger partial charge in [-0.05, 0) is 42.2 Å². The molecule has 0 spiro atoms. The Morgan fingerprint density at radius 3 is 1.93 bits per heavy atom. The molecular weight excluding hydrogens is 346 g/mol. The van der Waals surface area contributed by atoms with Gasteiger partial charge in [0.15, 0.2) is 6.10 Å². The molecule has 0 N–H and O–H groups in total. The van der Waals surface area contributed by atoms with E-state index in [1.54, 1.807) is 0 Å². The van der Waals surface area contributed by atoms with Crippen molar-refractivity contribution in [2.45, 2.75) is 39.5 Å². The molecule has 0 aliphatic rings. The molecule has 0 radical (unpaired) electrons. The highest BCUT2D eigenvalue weighted by atomic mass is 16.5. The summed E-state index contributed by atoms with van der Waals surface area (Å²) in [5, 5.41) is 0. The minimum absolute atomic E-state index is 0.0108. The number of carbonyl (C=O) groups excluding carboxylic acids is 1. The molecule has 3 aromatic carbocycles. The molecule has 3 rings (SSSR count). The Morgan fingerprint density at radius 2 is 1.43 bits per heavy atom. The van der Waals surface area contributed by atoms with E-state index in [9.17, 15) is 4.79 Å². The van der Waals surface area contributed by atoms with Crippen LogP contribution in [-0.2, 0) is 17.9 Å². The summed E-state index contributed by atoms with van der Waals surface area (Å²) in [6.07, 6.45) is 0.113. The first kappa shape index (κ1) is 19.7. The summed E-state index contributed by atoms with van der Waals surface area (Å²) in [5.41, 5.74) is 3.33. The minimum atomic E-state index is -0.505. The molecule has 0 unspecified atom stereocenters. The molecule has 1 atom stereocenters. The van der Waals surface area contributed by atoms with E-state index in [4.69, 9.17) is 4.74 Å². The molecule has 0 bridgehead atoms. The molecule has 0 fully saturated rings.